The number of likely N-dealkylation sites (tertiary alicyclic amines) is 1. The molecule has 1 spiro atoms. The summed E-state index contributed by atoms with van der Waals surface area (Å²) in [6, 6.07) is 7.67. The van der Waals surface area contributed by atoms with Crippen LogP contribution < -0.4 is 5.32 Å². The smallest absolute Gasteiger partial charge is 0.227 e. The van der Waals surface area contributed by atoms with Gasteiger partial charge in [-0.2, -0.15) is 0 Å². The standard InChI is InChI=1S/C17H24N2O2/c20-11-15-4-2-14(3-5-15)10-16(21)19-9-1-6-17(13-19)7-8-18-12-17/h2-5,18,20H,1,6-13H2. The van der Waals surface area contributed by atoms with Gasteiger partial charge in [-0.05, 0) is 36.9 Å². The van der Waals surface area contributed by atoms with Gasteiger partial charge >= 0.3 is 0 Å². The van der Waals surface area contributed by atoms with Crippen LogP contribution in [0.15, 0.2) is 24.3 Å². The van der Waals surface area contributed by atoms with Crippen molar-refractivity contribution in [2.24, 2.45) is 5.41 Å². The third-order valence-electron chi connectivity index (χ3n) is 4.91. The first kappa shape index (κ1) is 14.5. The fraction of sp³-hybridized carbons (Fsp3) is 0.588. The van der Waals surface area contributed by atoms with Crippen LogP contribution >= 0.6 is 0 Å². The predicted molar refractivity (Wildman–Crippen MR) is 81.8 cm³/mol. The summed E-state index contributed by atoms with van der Waals surface area (Å²) in [5, 5.41) is 12.5. The Labute approximate surface area is 126 Å². The summed E-state index contributed by atoms with van der Waals surface area (Å²) in [7, 11) is 0. The fourth-order valence-corrected chi connectivity index (χ4v) is 3.61. The molecule has 2 N–H and O–H groups in total. The van der Waals surface area contributed by atoms with E-state index in [-0.39, 0.29) is 12.5 Å². The summed E-state index contributed by atoms with van der Waals surface area (Å²) in [5.74, 6) is 0.234. The Morgan fingerprint density at radius 1 is 1.24 bits per heavy atom. The molecule has 1 amide bonds. The van der Waals surface area contributed by atoms with Crippen LogP contribution in [0.4, 0.5) is 0 Å². The first-order valence-electron chi connectivity index (χ1n) is 7.88. The lowest BCUT2D eigenvalue weighted by Crippen LogP contribution is -2.47. The number of aliphatic hydroxyl groups excluding tert-OH is 1. The van der Waals surface area contributed by atoms with Gasteiger partial charge in [-0.25, -0.2) is 0 Å². The highest BCUT2D eigenvalue weighted by Gasteiger charge is 2.39. The van der Waals surface area contributed by atoms with Crippen LogP contribution in [0.25, 0.3) is 0 Å². The number of nitrogens with zero attached hydrogens (tertiary/aromatic N) is 1. The minimum atomic E-state index is 0.0515. The number of hydrogen-bond donors (Lipinski definition) is 2. The molecular weight excluding hydrogens is 264 g/mol. The molecule has 2 heterocycles. The summed E-state index contributed by atoms with van der Waals surface area (Å²) in [5.41, 5.74) is 2.25. The second-order valence-electron chi connectivity index (χ2n) is 6.50. The summed E-state index contributed by atoms with van der Waals surface area (Å²) >= 11 is 0. The van der Waals surface area contributed by atoms with Crippen LogP contribution in [0.5, 0.6) is 0 Å². The number of benzene rings is 1. The molecule has 2 fully saturated rings. The van der Waals surface area contributed by atoms with E-state index in [0.29, 0.717) is 11.8 Å². The molecule has 1 atom stereocenters. The van der Waals surface area contributed by atoms with Gasteiger partial charge in [0.1, 0.15) is 0 Å². The molecule has 1 aromatic rings. The van der Waals surface area contributed by atoms with Crippen molar-refractivity contribution in [1.82, 2.24) is 10.2 Å². The number of hydrogen-bond acceptors (Lipinski definition) is 3. The summed E-state index contributed by atoms with van der Waals surface area (Å²) < 4.78 is 0. The Morgan fingerprint density at radius 3 is 2.67 bits per heavy atom. The maximum atomic E-state index is 12.5. The van der Waals surface area contributed by atoms with Crippen LogP contribution in [0.1, 0.15) is 30.4 Å². The molecule has 4 nitrogen and oxygen atoms in total. The van der Waals surface area contributed by atoms with Gasteiger partial charge in [0.25, 0.3) is 0 Å². The monoisotopic (exact) mass is 288 g/mol. The van der Waals surface area contributed by atoms with Crippen LogP contribution in [0.2, 0.25) is 0 Å². The average Bonchev–Trinajstić information content (AvgIpc) is 2.96. The Bertz CT molecular complexity index is 492. The SMILES string of the molecule is O=C(Cc1ccc(CO)cc1)N1CCCC2(CCNC2)C1. The van der Waals surface area contributed by atoms with Gasteiger partial charge in [0.2, 0.25) is 5.91 Å². The number of piperidine rings is 1. The van der Waals surface area contributed by atoms with Crippen molar-refractivity contribution in [1.29, 1.82) is 0 Å². The Kier molecular flexibility index (Phi) is 4.27. The van der Waals surface area contributed by atoms with Crippen molar-refractivity contribution in [3.05, 3.63) is 35.4 Å². The second-order valence-corrected chi connectivity index (χ2v) is 6.50. The maximum absolute atomic E-state index is 12.5. The lowest BCUT2D eigenvalue weighted by Gasteiger charge is -2.40. The van der Waals surface area contributed by atoms with Gasteiger partial charge < -0.3 is 15.3 Å². The Morgan fingerprint density at radius 2 is 2.00 bits per heavy atom. The highest BCUT2D eigenvalue weighted by molar-refractivity contribution is 5.79. The zero-order valence-electron chi connectivity index (χ0n) is 12.5. The van der Waals surface area contributed by atoms with Crippen molar-refractivity contribution in [2.75, 3.05) is 26.2 Å². The van der Waals surface area contributed by atoms with Crippen molar-refractivity contribution >= 4 is 5.91 Å². The van der Waals surface area contributed by atoms with E-state index in [1.165, 1.54) is 12.8 Å². The molecule has 0 radical (unpaired) electrons. The number of carbonyl (C=O) groups is 1. The first-order chi connectivity index (χ1) is 10.2. The number of amides is 1. The van der Waals surface area contributed by atoms with Crippen LogP contribution in [0, 0.1) is 5.41 Å². The van der Waals surface area contributed by atoms with E-state index in [1.54, 1.807) is 0 Å². The molecule has 0 bridgehead atoms. The molecule has 0 saturated carbocycles. The maximum Gasteiger partial charge on any atom is 0.227 e. The number of nitrogens with one attached hydrogen (secondary N) is 1. The van der Waals surface area contributed by atoms with E-state index in [4.69, 9.17) is 5.11 Å². The molecule has 0 aliphatic carbocycles. The quantitative estimate of drug-likeness (QED) is 0.882. The average molecular weight is 288 g/mol. The molecule has 2 aliphatic heterocycles. The molecule has 2 aliphatic rings. The van der Waals surface area contributed by atoms with E-state index in [9.17, 15) is 4.79 Å². The Balaban J connectivity index is 1.61. The van der Waals surface area contributed by atoms with Gasteiger partial charge in [0, 0.05) is 25.0 Å². The molecular formula is C17H24N2O2. The molecule has 1 unspecified atom stereocenters. The Hall–Kier alpha value is -1.39. The van der Waals surface area contributed by atoms with Crippen LogP contribution in [-0.2, 0) is 17.8 Å². The molecule has 2 saturated heterocycles. The zero-order valence-corrected chi connectivity index (χ0v) is 12.5. The third kappa shape index (κ3) is 3.27. The van der Waals surface area contributed by atoms with Crippen molar-refractivity contribution < 1.29 is 9.90 Å². The highest BCUT2D eigenvalue weighted by Crippen LogP contribution is 2.35. The lowest BCUT2D eigenvalue weighted by atomic mass is 9.79. The molecule has 4 heteroatoms. The second kappa shape index (κ2) is 6.16. The normalized spacial score (nSPS) is 25.5. The van der Waals surface area contributed by atoms with Crippen molar-refractivity contribution in [2.45, 2.75) is 32.3 Å². The van der Waals surface area contributed by atoms with Crippen molar-refractivity contribution in [3.63, 3.8) is 0 Å². The number of rotatable bonds is 3. The summed E-state index contributed by atoms with van der Waals surface area (Å²) in [6.07, 6.45) is 4.03. The van der Waals surface area contributed by atoms with E-state index >= 15 is 0 Å². The van der Waals surface area contributed by atoms with E-state index in [2.05, 4.69) is 10.2 Å². The summed E-state index contributed by atoms with van der Waals surface area (Å²) in [6.45, 7) is 4.01. The fourth-order valence-electron chi connectivity index (χ4n) is 3.61. The number of carbonyl (C=O) groups excluding carboxylic acids is 1. The van der Waals surface area contributed by atoms with Crippen LogP contribution in [0.3, 0.4) is 0 Å². The number of aliphatic hydroxyl groups is 1. The summed E-state index contributed by atoms with van der Waals surface area (Å²) in [4.78, 5) is 14.6. The van der Waals surface area contributed by atoms with Gasteiger partial charge in [-0.15, -0.1) is 0 Å². The lowest BCUT2D eigenvalue weighted by molar-refractivity contribution is -0.133. The molecule has 1 aromatic carbocycles. The highest BCUT2D eigenvalue weighted by atomic mass is 16.3. The minimum Gasteiger partial charge on any atom is -0.392 e. The largest absolute Gasteiger partial charge is 0.392 e. The predicted octanol–water partition coefficient (Wildman–Crippen LogP) is 1.32. The van der Waals surface area contributed by atoms with E-state index in [0.717, 1.165) is 43.7 Å². The van der Waals surface area contributed by atoms with Gasteiger partial charge in [0.05, 0.1) is 13.0 Å². The van der Waals surface area contributed by atoms with Crippen molar-refractivity contribution in [3.8, 4) is 0 Å². The molecule has 114 valence electrons. The van der Waals surface area contributed by atoms with E-state index in [1.807, 2.05) is 24.3 Å². The minimum absolute atomic E-state index is 0.0515. The first-order valence-corrected chi connectivity index (χ1v) is 7.88. The third-order valence-corrected chi connectivity index (χ3v) is 4.91. The molecule has 3 rings (SSSR count). The molecule has 0 aromatic heterocycles. The van der Waals surface area contributed by atoms with Gasteiger partial charge in [-0.1, -0.05) is 24.3 Å². The topological polar surface area (TPSA) is 52.6 Å². The van der Waals surface area contributed by atoms with Crippen LogP contribution in [-0.4, -0.2) is 42.1 Å². The van der Waals surface area contributed by atoms with Gasteiger partial charge in [-0.3, -0.25) is 4.79 Å². The van der Waals surface area contributed by atoms with Gasteiger partial charge in [0.15, 0.2) is 0 Å². The van der Waals surface area contributed by atoms with E-state index < -0.39 is 0 Å². The zero-order chi connectivity index (χ0) is 14.7. The molecule has 21 heavy (non-hydrogen) atoms.